The van der Waals surface area contributed by atoms with E-state index in [1.165, 1.54) is 0 Å². The lowest BCUT2D eigenvalue weighted by molar-refractivity contribution is -0.0429. The fourth-order valence-electron chi connectivity index (χ4n) is 1.83. The van der Waals surface area contributed by atoms with Crippen LogP contribution in [0.2, 0.25) is 0 Å². The molecule has 0 aliphatic heterocycles. The predicted molar refractivity (Wildman–Crippen MR) is 67.1 cm³/mol. The van der Waals surface area contributed by atoms with Crippen LogP contribution in [0, 0.1) is 0 Å². The molecule has 17 heavy (non-hydrogen) atoms. The molecule has 96 valence electrons. The maximum atomic E-state index is 10.6. The fraction of sp³-hybridized carbons (Fsp3) is 0.538. The van der Waals surface area contributed by atoms with E-state index in [4.69, 9.17) is 15.2 Å². The van der Waals surface area contributed by atoms with Gasteiger partial charge in [-0.2, -0.15) is 0 Å². The fourth-order valence-corrected chi connectivity index (χ4v) is 1.83. The van der Waals surface area contributed by atoms with Crippen molar-refractivity contribution in [3.8, 4) is 5.75 Å². The van der Waals surface area contributed by atoms with E-state index in [1.54, 1.807) is 14.2 Å². The molecule has 1 aromatic rings. The van der Waals surface area contributed by atoms with E-state index >= 15 is 0 Å². The molecule has 3 N–H and O–H groups in total. The van der Waals surface area contributed by atoms with Gasteiger partial charge in [-0.25, -0.2) is 0 Å². The van der Waals surface area contributed by atoms with Crippen LogP contribution in [0.1, 0.15) is 18.4 Å². The molecule has 0 bridgehead atoms. The summed E-state index contributed by atoms with van der Waals surface area (Å²) in [6.07, 6.45) is 1.34. The van der Waals surface area contributed by atoms with Gasteiger partial charge in [0, 0.05) is 7.11 Å². The first kappa shape index (κ1) is 14.0. The van der Waals surface area contributed by atoms with E-state index in [-0.39, 0.29) is 6.61 Å². The lowest BCUT2D eigenvalue weighted by atomic mass is 9.90. The monoisotopic (exact) mass is 239 g/mol. The molecule has 0 aliphatic carbocycles. The van der Waals surface area contributed by atoms with Crippen LogP contribution in [0.15, 0.2) is 24.3 Å². The minimum atomic E-state index is -0.972. The van der Waals surface area contributed by atoms with E-state index in [1.807, 2.05) is 24.3 Å². The van der Waals surface area contributed by atoms with Crippen molar-refractivity contribution in [3.63, 3.8) is 0 Å². The van der Waals surface area contributed by atoms with Crippen molar-refractivity contribution in [2.45, 2.75) is 18.4 Å². The van der Waals surface area contributed by atoms with Crippen LogP contribution in [0.3, 0.4) is 0 Å². The van der Waals surface area contributed by atoms with E-state index in [0.717, 1.165) is 17.7 Å². The number of aliphatic hydroxyl groups is 1. The number of ether oxygens (including phenoxy) is 2. The molecular formula is C13H21NO3. The third-order valence-corrected chi connectivity index (χ3v) is 2.80. The van der Waals surface area contributed by atoms with Crippen molar-refractivity contribution >= 4 is 0 Å². The molecule has 0 saturated heterocycles. The van der Waals surface area contributed by atoms with Crippen molar-refractivity contribution < 1.29 is 14.6 Å². The SMILES string of the molecule is COCC(O)(CCCN)c1ccc(OC)cc1. The molecule has 0 aliphatic rings. The van der Waals surface area contributed by atoms with Crippen LogP contribution in [0.25, 0.3) is 0 Å². The Kier molecular flexibility index (Phi) is 5.41. The Labute approximate surface area is 102 Å². The first-order valence-corrected chi connectivity index (χ1v) is 5.72. The minimum Gasteiger partial charge on any atom is -0.497 e. The lowest BCUT2D eigenvalue weighted by Gasteiger charge is -2.28. The molecule has 0 spiro atoms. The number of nitrogens with two attached hydrogens (primary N) is 1. The van der Waals surface area contributed by atoms with E-state index < -0.39 is 5.60 Å². The quantitative estimate of drug-likeness (QED) is 0.752. The van der Waals surface area contributed by atoms with Crippen molar-refractivity contribution in [2.75, 3.05) is 27.4 Å². The van der Waals surface area contributed by atoms with Gasteiger partial charge < -0.3 is 20.3 Å². The summed E-state index contributed by atoms with van der Waals surface area (Å²) in [4.78, 5) is 0. The van der Waals surface area contributed by atoms with E-state index in [0.29, 0.717) is 13.0 Å². The molecule has 1 unspecified atom stereocenters. The summed E-state index contributed by atoms with van der Waals surface area (Å²) in [5, 5.41) is 10.6. The van der Waals surface area contributed by atoms with E-state index in [2.05, 4.69) is 0 Å². The molecule has 1 rings (SSSR count). The molecule has 1 atom stereocenters. The largest absolute Gasteiger partial charge is 0.497 e. The van der Waals surface area contributed by atoms with Crippen molar-refractivity contribution in [1.82, 2.24) is 0 Å². The zero-order valence-corrected chi connectivity index (χ0v) is 10.5. The average molecular weight is 239 g/mol. The number of benzene rings is 1. The molecule has 0 aromatic heterocycles. The molecular weight excluding hydrogens is 218 g/mol. The molecule has 4 nitrogen and oxygen atoms in total. The highest BCUT2D eigenvalue weighted by atomic mass is 16.5. The summed E-state index contributed by atoms with van der Waals surface area (Å²) in [7, 11) is 3.20. The number of rotatable bonds is 7. The second-order valence-electron chi connectivity index (χ2n) is 4.09. The third-order valence-electron chi connectivity index (χ3n) is 2.80. The van der Waals surface area contributed by atoms with Gasteiger partial charge in [-0.3, -0.25) is 0 Å². The van der Waals surface area contributed by atoms with Crippen LogP contribution < -0.4 is 10.5 Å². The first-order valence-electron chi connectivity index (χ1n) is 5.72. The highest BCUT2D eigenvalue weighted by Gasteiger charge is 2.28. The molecule has 0 amide bonds. The van der Waals surface area contributed by atoms with E-state index in [9.17, 15) is 5.11 Å². The summed E-state index contributed by atoms with van der Waals surface area (Å²) >= 11 is 0. The highest BCUT2D eigenvalue weighted by molar-refractivity contribution is 5.30. The van der Waals surface area contributed by atoms with Gasteiger partial charge in [0.25, 0.3) is 0 Å². The molecule has 0 saturated carbocycles. The Morgan fingerprint density at radius 2 is 1.88 bits per heavy atom. The van der Waals surface area contributed by atoms with Crippen LogP contribution in [-0.2, 0) is 10.3 Å². The summed E-state index contributed by atoms with van der Waals surface area (Å²) < 4.78 is 10.2. The van der Waals surface area contributed by atoms with Crippen LogP contribution in [-0.4, -0.2) is 32.5 Å². The van der Waals surface area contributed by atoms with Crippen molar-refractivity contribution in [3.05, 3.63) is 29.8 Å². The normalized spacial score (nSPS) is 14.4. The Morgan fingerprint density at radius 1 is 1.24 bits per heavy atom. The molecule has 0 radical (unpaired) electrons. The van der Waals surface area contributed by atoms with Gasteiger partial charge in [-0.05, 0) is 37.1 Å². The van der Waals surface area contributed by atoms with Crippen LogP contribution >= 0.6 is 0 Å². The second kappa shape index (κ2) is 6.59. The van der Waals surface area contributed by atoms with Crippen molar-refractivity contribution in [2.24, 2.45) is 5.73 Å². The Bertz CT molecular complexity index is 326. The zero-order valence-electron chi connectivity index (χ0n) is 10.5. The highest BCUT2D eigenvalue weighted by Crippen LogP contribution is 2.28. The molecule has 0 fully saturated rings. The number of hydrogen-bond donors (Lipinski definition) is 2. The van der Waals surface area contributed by atoms with Gasteiger partial charge in [0.1, 0.15) is 11.4 Å². The van der Waals surface area contributed by atoms with Gasteiger partial charge in [0.15, 0.2) is 0 Å². The van der Waals surface area contributed by atoms with Gasteiger partial charge in [0.2, 0.25) is 0 Å². The topological polar surface area (TPSA) is 64.7 Å². The zero-order chi connectivity index (χ0) is 12.7. The average Bonchev–Trinajstić information content (AvgIpc) is 2.37. The van der Waals surface area contributed by atoms with Gasteiger partial charge in [0.05, 0.1) is 13.7 Å². The maximum absolute atomic E-state index is 10.6. The Morgan fingerprint density at radius 3 is 2.35 bits per heavy atom. The predicted octanol–water partition coefficient (Wildman–Crippen LogP) is 1.27. The molecule has 1 aromatic carbocycles. The summed E-state index contributed by atoms with van der Waals surface area (Å²) in [6.45, 7) is 0.821. The molecule has 4 heteroatoms. The second-order valence-corrected chi connectivity index (χ2v) is 4.09. The number of hydrogen-bond acceptors (Lipinski definition) is 4. The van der Waals surface area contributed by atoms with Gasteiger partial charge in [-0.15, -0.1) is 0 Å². The lowest BCUT2D eigenvalue weighted by Crippen LogP contribution is -2.32. The summed E-state index contributed by atoms with van der Waals surface area (Å²) in [6, 6.07) is 7.37. The van der Waals surface area contributed by atoms with Crippen LogP contribution in [0.4, 0.5) is 0 Å². The Balaban J connectivity index is 2.87. The van der Waals surface area contributed by atoms with Gasteiger partial charge in [-0.1, -0.05) is 12.1 Å². The summed E-state index contributed by atoms with van der Waals surface area (Å²) in [5.74, 6) is 0.771. The maximum Gasteiger partial charge on any atom is 0.118 e. The third kappa shape index (κ3) is 3.70. The Hall–Kier alpha value is -1.10. The standard InChI is InChI=1S/C13H21NO3/c1-16-10-13(15,8-3-9-14)11-4-6-12(17-2)7-5-11/h4-7,15H,3,8-10,14H2,1-2H3. The first-order chi connectivity index (χ1) is 8.16. The molecule has 0 heterocycles. The van der Waals surface area contributed by atoms with Crippen LogP contribution in [0.5, 0.6) is 5.75 Å². The smallest absolute Gasteiger partial charge is 0.118 e. The van der Waals surface area contributed by atoms with Gasteiger partial charge >= 0.3 is 0 Å². The minimum absolute atomic E-state index is 0.263. The summed E-state index contributed by atoms with van der Waals surface area (Å²) in [5.41, 5.74) is 5.34. The number of methoxy groups -OCH3 is 2. The van der Waals surface area contributed by atoms with Crippen molar-refractivity contribution in [1.29, 1.82) is 0 Å².